The maximum atomic E-state index is 10.8. The summed E-state index contributed by atoms with van der Waals surface area (Å²) in [5.41, 5.74) is 1.96. The number of hydrogen-bond donors (Lipinski definition) is 1. The van der Waals surface area contributed by atoms with Crippen LogP contribution in [0.15, 0.2) is 18.2 Å². The summed E-state index contributed by atoms with van der Waals surface area (Å²) in [6.07, 6.45) is 0. The lowest BCUT2D eigenvalue weighted by Crippen LogP contribution is -2.42. The van der Waals surface area contributed by atoms with Crippen molar-refractivity contribution in [2.45, 2.75) is 13.5 Å². The Balaban J connectivity index is 0.00000162. The second-order valence-corrected chi connectivity index (χ2v) is 4.40. The van der Waals surface area contributed by atoms with Gasteiger partial charge in [-0.05, 0) is 12.5 Å². The normalized spacial score (nSPS) is 15.2. The summed E-state index contributed by atoms with van der Waals surface area (Å²) in [5.74, 6) is 0. The number of aryl methyl sites for hydroxylation is 1. The Labute approximate surface area is 125 Å². The summed E-state index contributed by atoms with van der Waals surface area (Å²) in [5, 5.41) is 14.1. The number of hydrogen-bond acceptors (Lipinski definition) is 4. The summed E-state index contributed by atoms with van der Waals surface area (Å²) < 4.78 is 0. The first-order valence-electron chi connectivity index (χ1n) is 5.84. The minimum Gasteiger partial charge on any atom is -0.314 e. The fourth-order valence-electron chi connectivity index (χ4n) is 2.08. The third kappa shape index (κ3) is 4.95. The smallest absolute Gasteiger partial charge is 0.272 e. The van der Waals surface area contributed by atoms with Crippen molar-refractivity contribution in [1.82, 2.24) is 10.2 Å². The quantitative estimate of drug-likeness (QED) is 0.686. The highest BCUT2D eigenvalue weighted by Gasteiger charge is 2.14. The van der Waals surface area contributed by atoms with Crippen molar-refractivity contribution in [3.05, 3.63) is 39.4 Å². The summed E-state index contributed by atoms with van der Waals surface area (Å²) in [6.45, 7) is 6.56. The number of benzene rings is 1. The van der Waals surface area contributed by atoms with Gasteiger partial charge >= 0.3 is 0 Å². The van der Waals surface area contributed by atoms with E-state index >= 15 is 0 Å². The third-order valence-corrected chi connectivity index (χ3v) is 3.09. The molecule has 1 saturated heterocycles. The number of rotatable bonds is 3. The molecule has 0 aromatic heterocycles. The molecule has 1 aliphatic rings. The number of nitro groups is 1. The van der Waals surface area contributed by atoms with E-state index in [0.29, 0.717) is 0 Å². The van der Waals surface area contributed by atoms with Crippen LogP contribution in [0.25, 0.3) is 0 Å². The highest BCUT2D eigenvalue weighted by atomic mass is 35.5. The van der Waals surface area contributed by atoms with Crippen LogP contribution in [0.4, 0.5) is 5.69 Å². The molecule has 0 atom stereocenters. The average molecular weight is 308 g/mol. The molecule has 0 bridgehead atoms. The first-order chi connectivity index (χ1) is 8.16. The molecule has 1 fully saturated rings. The first-order valence-corrected chi connectivity index (χ1v) is 5.84. The number of nitro benzene ring substituents is 1. The Morgan fingerprint density at radius 3 is 2.53 bits per heavy atom. The molecule has 0 amide bonds. The molecule has 19 heavy (non-hydrogen) atoms. The predicted octanol–water partition coefficient (Wildman–Crippen LogP) is 2.15. The highest BCUT2D eigenvalue weighted by molar-refractivity contribution is 5.85. The number of piperazine rings is 1. The van der Waals surface area contributed by atoms with Crippen molar-refractivity contribution in [2.24, 2.45) is 0 Å². The van der Waals surface area contributed by atoms with Crippen LogP contribution in [0.2, 0.25) is 0 Å². The van der Waals surface area contributed by atoms with E-state index < -0.39 is 0 Å². The van der Waals surface area contributed by atoms with Crippen LogP contribution in [0.1, 0.15) is 11.1 Å². The Hall–Kier alpha value is -0.880. The van der Waals surface area contributed by atoms with E-state index in [4.69, 9.17) is 0 Å². The molecular formula is C12H19Cl2N3O2. The van der Waals surface area contributed by atoms with E-state index in [2.05, 4.69) is 10.2 Å². The van der Waals surface area contributed by atoms with Gasteiger partial charge in [-0.2, -0.15) is 0 Å². The lowest BCUT2D eigenvalue weighted by Gasteiger charge is -2.27. The summed E-state index contributed by atoms with van der Waals surface area (Å²) in [7, 11) is 0. The predicted molar refractivity (Wildman–Crippen MR) is 80.5 cm³/mol. The number of halogens is 2. The van der Waals surface area contributed by atoms with Crippen LogP contribution in [-0.2, 0) is 6.54 Å². The zero-order chi connectivity index (χ0) is 12.3. The minimum absolute atomic E-state index is 0. The Kier molecular flexibility index (Phi) is 7.94. The van der Waals surface area contributed by atoms with Gasteiger partial charge in [0.15, 0.2) is 0 Å². The lowest BCUT2D eigenvalue weighted by molar-refractivity contribution is -0.385. The third-order valence-electron chi connectivity index (χ3n) is 3.09. The molecule has 1 aliphatic heterocycles. The molecular weight excluding hydrogens is 289 g/mol. The molecule has 0 aliphatic carbocycles. The van der Waals surface area contributed by atoms with Gasteiger partial charge in [-0.25, -0.2) is 0 Å². The molecule has 0 saturated carbocycles. The monoisotopic (exact) mass is 307 g/mol. The van der Waals surface area contributed by atoms with Crippen molar-refractivity contribution in [3.8, 4) is 0 Å². The average Bonchev–Trinajstić information content (AvgIpc) is 2.32. The maximum Gasteiger partial charge on any atom is 0.272 e. The zero-order valence-electron chi connectivity index (χ0n) is 10.8. The molecule has 0 spiro atoms. The Bertz CT molecular complexity index is 423. The van der Waals surface area contributed by atoms with Crippen molar-refractivity contribution in [1.29, 1.82) is 0 Å². The first kappa shape index (κ1) is 18.1. The van der Waals surface area contributed by atoms with Gasteiger partial charge in [-0.3, -0.25) is 15.0 Å². The van der Waals surface area contributed by atoms with Gasteiger partial charge in [0.25, 0.3) is 5.69 Å². The molecule has 7 heteroatoms. The minimum atomic E-state index is -0.309. The van der Waals surface area contributed by atoms with Crippen molar-refractivity contribution in [3.63, 3.8) is 0 Å². The van der Waals surface area contributed by atoms with Crippen LogP contribution in [0.5, 0.6) is 0 Å². The van der Waals surface area contributed by atoms with Crippen LogP contribution in [0.3, 0.4) is 0 Å². The highest BCUT2D eigenvalue weighted by Crippen LogP contribution is 2.20. The molecule has 1 heterocycles. The SMILES string of the molecule is Cc1ccc(CN2CCNCC2)cc1[N+](=O)[O-].Cl.Cl. The van der Waals surface area contributed by atoms with E-state index in [9.17, 15) is 10.1 Å². The van der Waals surface area contributed by atoms with E-state index in [1.807, 2.05) is 12.1 Å². The molecule has 0 unspecified atom stereocenters. The Morgan fingerprint density at radius 1 is 1.32 bits per heavy atom. The summed E-state index contributed by atoms with van der Waals surface area (Å²) in [6, 6.07) is 5.50. The fraction of sp³-hybridized carbons (Fsp3) is 0.500. The van der Waals surface area contributed by atoms with Gasteiger partial charge in [-0.1, -0.05) is 12.1 Å². The molecule has 5 nitrogen and oxygen atoms in total. The fourth-order valence-corrected chi connectivity index (χ4v) is 2.08. The zero-order valence-corrected chi connectivity index (χ0v) is 12.4. The van der Waals surface area contributed by atoms with Gasteiger partial charge in [0.05, 0.1) is 4.92 Å². The van der Waals surface area contributed by atoms with Gasteiger partial charge in [0.2, 0.25) is 0 Å². The Morgan fingerprint density at radius 2 is 1.95 bits per heavy atom. The van der Waals surface area contributed by atoms with E-state index in [1.165, 1.54) is 0 Å². The van der Waals surface area contributed by atoms with Crippen LogP contribution in [-0.4, -0.2) is 36.0 Å². The van der Waals surface area contributed by atoms with Crippen LogP contribution < -0.4 is 5.32 Å². The largest absolute Gasteiger partial charge is 0.314 e. The van der Waals surface area contributed by atoms with Crippen molar-refractivity contribution in [2.75, 3.05) is 26.2 Å². The molecule has 0 radical (unpaired) electrons. The standard InChI is InChI=1S/C12H17N3O2.2ClH/c1-10-2-3-11(8-12(10)15(16)17)9-14-6-4-13-5-7-14;;/h2-3,8,13H,4-7,9H2,1H3;2*1H. The van der Waals surface area contributed by atoms with Gasteiger partial charge in [0.1, 0.15) is 0 Å². The van der Waals surface area contributed by atoms with E-state index in [-0.39, 0.29) is 35.4 Å². The van der Waals surface area contributed by atoms with Gasteiger partial charge in [-0.15, -0.1) is 24.8 Å². The summed E-state index contributed by atoms with van der Waals surface area (Å²) >= 11 is 0. The van der Waals surface area contributed by atoms with E-state index in [1.54, 1.807) is 13.0 Å². The molecule has 1 N–H and O–H groups in total. The van der Waals surface area contributed by atoms with Crippen molar-refractivity contribution >= 4 is 30.5 Å². The summed E-state index contributed by atoms with van der Waals surface area (Å²) in [4.78, 5) is 12.8. The van der Waals surface area contributed by atoms with Crippen LogP contribution >= 0.6 is 24.8 Å². The number of nitrogens with zero attached hydrogens (tertiary/aromatic N) is 2. The van der Waals surface area contributed by atoms with Crippen LogP contribution in [0, 0.1) is 17.0 Å². The second-order valence-electron chi connectivity index (χ2n) is 4.40. The second kappa shape index (κ2) is 8.32. The maximum absolute atomic E-state index is 10.8. The van der Waals surface area contributed by atoms with E-state index in [0.717, 1.165) is 43.9 Å². The lowest BCUT2D eigenvalue weighted by atomic mass is 10.1. The molecule has 1 aromatic rings. The molecule has 1 aromatic carbocycles. The van der Waals surface area contributed by atoms with Crippen molar-refractivity contribution < 1.29 is 4.92 Å². The molecule has 108 valence electrons. The topological polar surface area (TPSA) is 58.4 Å². The van der Waals surface area contributed by atoms with Gasteiger partial charge < -0.3 is 5.32 Å². The van der Waals surface area contributed by atoms with Gasteiger partial charge in [0, 0.05) is 44.4 Å². The number of nitrogens with one attached hydrogen (secondary N) is 1. The molecule has 2 rings (SSSR count).